The second-order valence-electron chi connectivity index (χ2n) is 5.24. The van der Waals surface area contributed by atoms with Crippen LogP contribution in [0.1, 0.15) is 26.2 Å². The lowest BCUT2D eigenvalue weighted by Crippen LogP contribution is -2.02. The first-order valence-corrected chi connectivity index (χ1v) is 8.02. The highest BCUT2D eigenvalue weighted by Crippen LogP contribution is 2.37. The summed E-state index contributed by atoms with van der Waals surface area (Å²) in [5.74, 6) is -3.31. The number of rotatable bonds is 7. The minimum Gasteiger partial charge on any atom is -0.494 e. The van der Waals surface area contributed by atoms with Crippen molar-refractivity contribution in [3.8, 4) is 22.6 Å². The van der Waals surface area contributed by atoms with Crippen LogP contribution in [-0.4, -0.2) is 13.7 Å². The minimum atomic E-state index is -1.13. The molecule has 0 aliphatic heterocycles. The smallest absolute Gasteiger partial charge is 0.201 e. The van der Waals surface area contributed by atoms with E-state index in [1.165, 1.54) is 31.4 Å². The molecule has 0 N–H and O–H groups in total. The number of ether oxygens (including phenoxy) is 2. The maximum atomic E-state index is 14.4. The molecule has 0 aromatic heterocycles. The van der Waals surface area contributed by atoms with Crippen LogP contribution in [0.15, 0.2) is 24.3 Å². The summed E-state index contributed by atoms with van der Waals surface area (Å²) in [7, 11) is 1.29. The third kappa shape index (κ3) is 3.78. The minimum absolute atomic E-state index is 0.0453. The monoisotopic (exact) mass is 358 g/mol. The van der Waals surface area contributed by atoms with Gasteiger partial charge in [0.2, 0.25) is 5.82 Å². The lowest BCUT2D eigenvalue weighted by atomic mass is 10.0. The van der Waals surface area contributed by atoms with Gasteiger partial charge in [0.25, 0.3) is 0 Å². The summed E-state index contributed by atoms with van der Waals surface area (Å²) in [5, 5.41) is -0.329. The van der Waals surface area contributed by atoms with Gasteiger partial charge in [-0.05, 0) is 30.7 Å². The van der Waals surface area contributed by atoms with Crippen LogP contribution >= 0.6 is 11.6 Å². The number of unbranched alkanes of at least 4 members (excludes halogenated alkanes) is 2. The molecule has 2 aromatic rings. The van der Waals surface area contributed by atoms with E-state index in [-0.39, 0.29) is 27.6 Å². The first-order chi connectivity index (χ1) is 11.5. The molecule has 6 heteroatoms. The Morgan fingerprint density at radius 3 is 2.21 bits per heavy atom. The molecular formula is C18H18ClF3O2. The Bertz CT molecular complexity index is 720. The predicted octanol–water partition coefficient (Wildman–Crippen LogP) is 6.00. The van der Waals surface area contributed by atoms with E-state index in [4.69, 9.17) is 21.1 Å². The number of methoxy groups -OCH3 is 1. The summed E-state index contributed by atoms with van der Waals surface area (Å²) in [6.45, 7) is 2.34. The van der Waals surface area contributed by atoms with Gasteiger partial charge in [0, 0.05) is 11.1 Å². The third-order valence-electron chi connectivity index (χ3n) is 3.61. The molecule has 0 heterocycles. The summed E-state index contributed by atoms with van der Waals surface area (Å²) in [5.41, 5.74) is -0.0936. The predicted molar refractivity (Wildman–Crippen MR) is 88.3 cm³/mol. The molecule has 0 bridgehead atoms. The van der Waals surface area contributed by atoms with Crippen molar-refractivity contribution in [2.24, 2.45) is 0 Å². The molecule has 2 rings (SSSR count). The van der Waals surface area contributed by atoms with Gasteiger partial charge in [-0.2, -0.15) is 4.39 Å². The Kier molecular flexibility index (Phi) is 6.37. The normalized spacial score (nSPS) is 10.8. The molecule has 2 aromatic carbocycles. The number of hydrogen-bond donors (Lipinski definition) is 0. The van der Waals surface area contributed by atoms with E-state index in [9.17, 15) is 13.2 Å². The molecule has 0 saturated heterocycles. The van der Waals surface area contributed by atoms with Crippen LogP contribution < -0.4 is 9.47 Å². The average Bonchev–Trinajstić information content (AvgIpc) is 2.58. The molecule has 0 radical (unpaired) electrons. The van der Waals surface area contributed by atoms with E-state index in [2.05, 4.69) is 0 Å². The van der Waals surface area contributed by atoms with Crippen LogP contribution in [0, 0.1) is 17.5 Å². The SMILES string of the molecule is CCCCCOc1ccc(-c2ccc(OC)c(F)c2Cl)c(F)c1F. The zero-order valence-electron chi connectivity index (χ0n) is 13.5. The van der Waals surface area contributed by atoms with Gasteiger partial charge in [-0.15, -0.1) is 0 Å². The fraction of sp³-hybridized carbons (Fsp3) is 0.333. The quantitative estimate of drug-likeness (QED) is 0.565. The molecule has 0 spiro atoms. The highest BCUT2D eigenvalue weighted by molar-refractivity contribution is 6.33. The Balaban J connectivity index is 2.33. The van der Waals surface area contributed by atoms with E-state index < -0.39 is 17.5 Å². The standard InChI is InChI=1S/C18H18ClF3O2/c1-3-4-5-10-24-14-9-7-12(16(20)18(14)22)11-6-8-13(23-2)17(21)15(11)19/h6-9H,3-5,10H2,1-2H3. The Hall–Kier alpha value is -1.88. The molecule has 130 valence electrons. The zero-order valence-corrected chi connectivity index (χ0v) is 14.2. The van der Waals surface area contributed by atoms with E-state index in [0.29, 0.717) is 6.61 Å². The lowest BCUT2D eigenvalue weighted by molar-refractivity contribution is 0.286. The second-order valence-corrected chi connectivity index (χ2v) is 5.62. The van der Waals surface area contributed by atoms with Crippen molar-refractivity contribution >= 4 is 11.6 Å². The van der Waals surface area contributed by atoms with Crippen molar-refractivity contribution < 1.29 is 22.6 Å². The third-order valence-corrected chi connectivity index (χ3v) is 3.98. The highest BCUT2D eigenvalue weighted by atomic mass is 35.5. The summed E-state index contributed by atoms with van der Waals surface area (Å²) in [4.78, 5) is 0. The molecule has 0 aliphatic carbocycles. The molecule has 0 aliphatic rings. The first kappa shape index (κ1) is 18.5. The maximum absolute atomic E-state index is 14.4. The summed E-state index contributed by atoms with van der Waals surface area (Å²) in [6, 6.07) is 5.33. The van der Waals surface area contributed by atoms with Crippen LogP contribution in [0.5, 0.6) is 11.5 Å². The van der Waals surface area contributed by atoms with Gasteiger partial charge >= 0.3 is 0 Å². The Morgan fingerprint density at radius 2 is 1.54 bits per heavy atom. The molecule has 2 nitrogen and oxygen atoms in total. The van der Waals surface area contributed by atoms with Crippen molar-refractivity contribution in [3.63, 3.8) is 0 Å². The van der Waals surface area contributed by atoms with Crippen molar-refractivity contribution in [3.05, 3.63) is 46.7 Å². The van der Waals surface area contributed by atoms with Crippen LogP contribution in [0.2, 0.25) is 5.02 Å². The van der Waals surface area contributed by atoms with Gasteiger partial charge in [-0.25, -0.2) is 8.78 Å². The van der Waals surface area contributed by atoms with E-state index in [1.54, 1.807) is 0 Å². The van der Waals surface area contributed by atoms with E-state index in [0.717, 1.165) is 19.3 Å². The van der Waals surface area contributed by atoms with Crippen molar-refractivity contribution in [2.45, 2.75) is 26.2 Å². The number of halogens is 4. The fourth-order valence-corrected chi connectivity index (χ4v) is 2.54. The molecule has 0 atom stereocenters. The molecule has 0 fully saturated rings. The Morgan fingerprint density at radius 1 is 0.875 bits per heavy atom. The highest BCUT2D eigenvalue weighted by Gasteiger charge is 2.20. The topological polar surface area (TPSA) is 18.5 Å². The van der Waals surface area contributed by atoms with Gasteiger partial charge in [-0.3, -0.25) is 0 Å². The average molecular weight is 359 g/mol. The summed E-state index contributed by atoms with van der Waals surface area (Å²) >= 11 is 5.92. The van der Waals surface area contributed by atoms with E-state index in [1.807, 2.05) is 6.92 Å². The van der Waals surface area contributed by atoms with Crippen LogP contribution in [0.4, 0.5) is 13.2 Å². The molecule has 0 amide bonds. The van der Waals surface area contributed by atoms with Crippen LogP contribution in [-0.2, 0) is 0 Å². The van der Waals surface area contributed by atoms with Crippen LogP contribution in [0.25, 0.3) is 11.1 Å². The van der Waals surface area contributed by atoms with Crippen molar-refractivity contribution in [2.75, 3.05) is 13.7 Å². The number of benzene rings is 2. The molecule has 24 heavy (non-hydrogen) atoms. The number of hydrogen-bond acceptors (Lipinski definition) is 2. The van der Waals surface area contributed by atoms with Crippen molar-refractivity contribution in [1.82, 2.24) is 0 Å². The van der Waals surface area contributed by atoms with Gasteiger partial charge in [0.1, 0.15) is 0 Å². The summed E-state index contributed by atoms with van der Waals surface area (Å²) in [6.07, 6.45) is 2.71. The van der Waals surface area contributed by atoms with Gasteiger partial charge in [0.15, 0.2) is 23.1 Å². The molecule has 0 saturated carbocycles. The zero-order chi connectivity index (χ0) is 17.7. The van der Waals surface area contributed by atoms with E-state index >= 15 is 0 Å². The Labute approximate surface area is 144 Å². The first-order valence-electron chi connectivity index (χ1n) is 7.64. The van der Waals surface area contributed by atoms with Gasteiger partial charge in [-0.1, -0.05) is 31.4 Å². The molecular weight excluding hydrogens is 341 g/mol. The second kappa shape index (κ2) is 8.29. The molecule has 0 unspecified atom stereocenters. The van der Waals surface area contributed by atoms with Crippen molar-refractivity contribution in [1.29, 1.82) is 0 Å². The van der Waals surface area contributed by atoms with Gasteiger partial charge < -0.3 is 9.47 Å². The largest absolute Gasteiger partial charge is 0.494 e. The van der Waals surface area contributed by atoms with Crippen LogP contribution in [0.3, 0.4) is 0 Å². The summed E-state index contributed by atoms with van der Waals surface area (Å²) < 4.78 is 52.6. The maximum Gasteiger partial charge on any atom is 0.201 e. The van der Waals surface area contributed by atoms with Gasteiger partial charge in [0.05, 0.1) is 18.7 Å². The lowest BCUT2D eigenvalue weighted by Gasteiger charge is -2.12. The fourth-order valence-electron chi connectivity index (χ4n) is 2.28.